The second kappa shape index (κ2) is 9.61. The highest BCUT2D eigenvalue weighted by Gasteiger charge is 2.12. The zero-order chi connectivity index (χ0) is 23.4. The van der Waals surface area contributed by atoms with E-state index in [0.717, 1.165) is 11.1 Å². The third-order valence-corrected chi connectivity index (χ3v) is 5.30. The molecule has 0 fully saturated rings. The molecule has 0 aliphatic carbocycles. The number of halogens is 1. The van der Waals surface area contributed by atoms with Gasteiger partial charge in [-0.1, -0.05) is 35.9 Å². The maximum atomic E-state index is 12.8. The van der Waals surface area contributed by atoms with Crippen molar-refractivity contribution in [1.82, 2.24) is 24.6 Å². The van der Waals surface area contributed by atoms with E-state index in [1.807, 2.05) is 0 Å². The van der Waals surface area contributed by atoms with Gasteiger partial charge in [0, 0.05) is 23.7 Å². The fourth-order valence-electron chi connectivity index (χ4n) is 3.34. The Balaban J connectivity index is 1.39. The van der Waals surface area contributed by atoms with Gasteiger partial charge in [-0.25, -0.2) is 9.67 Å². The fourth-order valence-corrected chi connectivity index (χ4v) is 3.47. The lowest BCUT2D eigenvalue weighted by Crippen LogP contribution is -2.29. The first-order chi connectivity index (χ1) is 15.9. The Morgan fingerprint density at radius 1 is 1.09 bits per heavy atom. The molecule has 0 saturated heterocycles. The summed E-state index contributed by atoms with van der Waals surface area (Å²) in [5.41, 5.74) is 1.74. The minimum Gasteiger partial charge on any atom is -0.354 e. The number of carbonyl (C=O) groups excluding carboxylic acids is 1. The van der Waals surface area contributed by atoms with Crippen molar-refractivity contribution in [2.24, 2.45) is 0 Å². The average molecular weight is 467 g/mol. The van der Waals surface area contributed by atoms with E-state index in [2.05, 4.69) is 15.4 Å². The van der Waals surface area contributed by atoms with Crippen LogP contribution in [0.25, 0.3) is 11.0 Å². The molecule has 0 bridgehead atoms. The predicted octanol–water partition coefficient (Wildman–Crippen LogP) is 2.56. The molecule has 168 valence electrons. The first kappa shape index (κ1) is 22.2. The molecule has 0 unspecified atom stereocenters. The number of hydrogen-bond donors (Lipinski definition) is 1. The molecule has 0 radical (unpaired) electrons. The van der Waals surface area contributed by atoms with Crippen molar-refractivity contribution in [3.63, 3.8) is 0 Å². The summed E-state index contributed by atoms with van der Waals surface area (Å²) in [5.74, 6) is -0.132. The lowest BCUT2D eigenvalue weighted by atomic mass is 10.1. The summed E-state index contributed by atoms with van der Waals surface area (Å²) in [4.78, 5) is 39.6. The van der Waals surface area contributed by atoms with E-state index in [-0.39, 0.29) is 30.1 Å². The van der Waals surface area contributed by atoms with E-state index in [4.69, 9.17) is 11.6 Å². The number of nitrogens with zero attached hydrogens (tertiary/aromatic N) is 5. The zero-order valence-electron chi connectivity index (χ0n) is 17.3. The Bertz CT molecular complexity index is 1360. The van der Waals surface area contributed by atoms with Crippen molar-refractivity contribution < 1.29 is 9.72 Å². The number of carbonyl (C=O) groups is 1. The summed E-state index contributed by atoms with van der Waals surface area (Å²) < 4.78 is 2.99. The van der Waals surface area contributed by atoms with Crippen LogP contribution in [0.3, 0.4) is 0 Å². The number of non-ortho nitro benzene ring substituents is 1. The van der Waals surface area contributed by atoms with E-state index in [0.29, 0.717) is 29.1 Å². The van der Waals surface area contributed by atoms with Crippen molar-refractivity contribution in [1.29, 1.82) is 0 Å². The topological polar surface area (TPSA) is 125 Å². The molecular weight excluding hydrogens is 448 g/mol. The van der Waals surface area contributed by atoms with Crippen LogP contribution in [0.4, 0.5) is 5.69 Å². The molecular formula is C22H19ClN6O4. The highest BCUT2D eigenvalue weighted by Crippen LogP contribution is 2.13. The molecule has 2 aromatic heterocycles. The summed E-state index contributed by atoms with van der Waals surface area (Å²) in [5, 5.41) is 18.8. The molecule has 0 saturated carbocycles. The van der Waals surface area contributed by atoms with Gasteiger partial charge >= 0.3 is 0 Å². The van der Waals surface area contributed by atoms with Gasteiger partial charge in [0.15, 0.2) is 5.65 Å². The molecule has 4 aromatic rings. The lowest BCUT2D eigenvalue weighted by Gasteiger charge is -2.08. The molecule has 0 aliphatic rings. The minimum absolute atomic E-state index is 0.0128. The van der Waals surface area contributed by atoms with E-state index in [1.54, 1.807) is 41.1 Å². The molecule has 0 aliphatic heterocycles. The number of benzene rings is 2. The van der Waals surface area contributed by atoms with Crippen molar-refractivity contribution in [3.8, 4) is 0 Å². The number of fused-ring (bicyclic) bond motifs is 1. The van der Waals surface area contributed by atoms with E-state index in [9.17, 15) is 19.7 Å². The van der Waals surface area contributed by atoms with Crippen LogP contribution in [-0.4, -0.2) is 36.7 Å². The molecule has 1 amide bonds. The van der Waals surface area contributed by atoms with Crippen molar-refractivity contribution >= 4 is 34.2 Å². The van der Waals surface area contributed by atoms with Gasteiger partial charge in [0.1, 0.15) is 11.7 Å². The Morgan fingerprint density at radius 2 is 1.79 bits per heavy atom. The molecule has 2 aromatic carbocycles. The number of amides is 1. The smallest absolute Gasteiger partial charge is 0.269 e. The highest BCUT2D eigenvalue weighted by atomic mass is 35.5. The Morgan fingerprint density at radius 3 is 2.48 bits per heavy atom. The van der Waals surface area contributed by atoms with Crippen LogP contribution in [0.1, 0.15) is 11.1 Å². The van der Waals surface area contributed by atoms with Crippen molar-refractivity contribution in [3.05, 3.63) is 97.7 Å². The van der Waals surface area contributed by atoms with Gasteiger partial charge < -0.3 is 5.32 Å². The van der Waals surface area contributed by atoms with Crippen LogP contribution in [0, 0.1) is 10.1 Å². The molecule has 33 heavy (non-hydrogen) atoms. The molecule has 0 spiro atoms. The predicted molar refractivity (Wildman–Crippen MR) is 122 cm³/mol. The molecule has 11 heteroatoms. The number of aromatic nitrogens is 4. The normalized spacial score (nSPS) is 10.9. The van der Waals surface area contributed by atoms with Crippen LogP contribution >= 0.6 is 11.6 Å². The Labute approximate surface area is 192 Å². The summed E-state index contributed by atoms with van der Waals surface area (Å²) in [7, 11) is 0. The maximum absolute atomic E-state index is 12.8. The van der Waals surface area contributed by atoms with Gasteiger partial charge in [-0.2, -0.15) is 5.10 Å². The van der Waals surface area contributed by atoms with Crippen molar-refractivity contribution in [2.75, 3.05) is 6.54 Å². The summed E-state index contributed by atoms with van der Waals surface area (Å²) >= 11 is 5.85. The highest BCUT2D eigenvalue weighted by molar-refractivity contribution is 6.30. The molecule has 1 N–H and O–H groups in total. The summed E-state index contributed by atoms with van der Waals surface area (Å²) in [6, 6.07) is 13.1. The fraction of sp³-hybridized carbons (Fsp3) is 0.182. The largest absolute Gasteiger partial charge is 0.354 e. The van der Waals surface area contributed by atoms with Crippen molar-refractivity contribution in [2.45, 2.75) is 19.5 Å². The first-order valence-electron chi connectivity index (χ1n) is 10.1. The van der Waals surface area contributed by atoms with Crippen LogP contribution in [0.5, 0.6) is 0 Å². The second-order valence-corrected chi connectivity index (χ2v) is 7.80. The number of rotatable bonds is 8. The number of hydrogen-bond acceptors (Lipinski definition) is 6. The first-order valence-corrected chi connectivity index (χ1v) is 10.4. The van der Waals surface area contributed by atoms with Gasteiger partial charge in [-0.05, 0) is 23.3 Å². The van der Waals surface area contributed by atoms with Crippen LogP contribution in [-0.2, 0) is 24.3 Å². The summed E-state index contributed by atoms with van der Waals surface area (Å²) in [6.07, 6.45) is 3.11. The molecule has 0 atom stereocenters. The number of nitro benzene ring substituents is 1. The SMILES string of the molecule is O=C(Cc1ccc(Cl)cc1)NCCn1ncc2c(=O)n(Cc3ccc([N+](=O)[O-])cc3)cnc21. The van der Waals surface area contributed by atoms with Crippen LogP contribution in [0.15, 0.2) is 65.8 Å². The van der Waals surface area contributed by atoms with Gasteiger partial charge in [0.2, 0.25) is 5.91 Å². The molecule has 2 heterocycles. The van der Waals surface area contributed by atoms with E-state index < -0.39 is 4.92 Å². The number of nitrogens with one attached hydrogen (secondary N) is 1. The maximum Gasteiger partial charge on any atom is 0.269 e. The Kier molecular flexibility index (Phi) is 6.45. The lowest BCUT2D eigenvalue weighted by molar-refractivity contribution is -0.384. The van der Waals surface area contributed by atoms with Gasteiger partial charge in [0.05, 0.1) is 30.6 Å². The second-order valence-electron chi connectivity index (χ2n) is 7.36. The molecule has 4 rings (SSSR count). The quantitative estimate of drug-likeness (QED) is 0.314. The van der Waals surface area contributed by atoms with Crippen LogP contribution < -0.4 is 10.9 Å². The van der Waals surface area contributed by atoms with Gasteiger partial charge in [0.25, 0.3) is 11.2 Å². The van der Waals surface area contributed by atoms with Crippen LogP contribution in [0.2, 0.25) is 5.02 Å². The van der Waals surface area contributed by atoms with E-state index >= 15 is 0 Å². The minimum atomic E-state index is -0.474. The monoisotopic (exact) mass is 466 g/mol. The third-order valence-electron chi connectivity index (χ3n) is 5.05. The van der Waals surface area contributed by atoms with Gasteiger partial charge in [-0.3, -0.25) is 24.3 Å². The van der Waals surface area contributed by atoms with E-state index in [1.165, 1.54) is 29.2 Å². The standard InChI is InChI=1S/C22H19ClN6O4/c23-17-5-1-15(2-6-17)11-20(30)24-9-10-28-21-19(12-26-28)22(31)27(14-25-21)13-16-3-7-18(8-4-16)29(32)33/h1-8,12,14H,9-11,13H2,(H,24,30). The average Bonchev–Trinajstić information content (AvgIpc) is 3.21. The molecule has 10 nitrogen and oxygen atoms in total. The zero-order valence-corrected chi connectivity index (χ0v) is 18.1. The number of nitro groups is 1. The third kappa shape index (κ3) is 5.24. The summed E-state index contributed by atoms with van der Waals surface area (Å²) in [6.45, 7) is 0.914. The Hall–Kier alpha value is -4.05. The van der Waals surface area contributed by atoms with Gasteiger partial charge in [-0.15, -0.1) is 0 Å².